The Morgan fingerprint density at radius 3 is 2.68 bits per heavy atom. The van der Waals surface area contributed by atoms with Crippen LogP contribution < -0.4 is 4.90 Å². The molecule has 1 aromatic heterocycles. The number of hydrogen-bond donors (Lipinski definition) is 0. The molecule has 0 bridgehead atoms. The SMILES string of the molecule is CC(C)N(C)C(=O)C1CCN(c2ccnc3c(Cl)cc(Br)cc23)CC1. The molecular weight excluding hydrogens is 402 g/mol. The second-order valence-corrected chi connectivity index (χ2v) is 8.24. The molecule has 0 unspecified atom stereocenters. The van der Waals surface area contributed by atoms with Crippen molar-refractivity contribution in [3.05, 3.63) is 33.9 Å². The Morgan fingerprint density at radius 1 is 1.36 bits per heavy atom. The van der Waals surface area contributed by atoms with Crippen LogP contribution in [0.3, 0.4) is 0 Å². The molecular formula is C19H23BrClN3O. The minimum absolute atomic E-state index is 0.118. The number of amides is 1. The molecule has 134 valence electrons. The number of carbonyl (C=O) groups is 1. The Balaban J connectivity index is 1.80. The van der Waals surface area contributed by atoms with Crippen LogP contribution in [0.25, 0.3) is 10.9 Å². The topological polar surface area (TPSA) is 36.4 Å². The van der Waals surface area contributed by atoms with Gasteiger partial charge in [0.2, 0.25) is 5.91 Å². The molecule has 1 fully saturated rings. The lowest BCUT2D eigenvalue weighted by atomic mass is 9.94. The van der Waals surface area contributed by atoms with Gasteiger partial charge in [-0.25, -0.2) is 0 Å². The summed E-state index contributed by atoms with van der Waals surface area (Å²) in [4.78, 5) is 21.2. The number of piperidine rings is 1. The molecule has 0 saturated carbocycles. The Bertz CT molecular complexity index is 788. The molecule has 4 nitrogen and oxygen atoms in total. The molecule has 1 aliphatic heterocycles. The van der Waals surface area contributed by atoms with E-state index in [-0.39, 0.29) is 17.9 Å². The third-order valence-electron chi connectivity index (χ3n) is 5.05. The molecule has 1 amide bonds. The maximum absolute atomic E-state index is 12.6. The fourth-order valence-electron chi connectivity index (χ4n) is 3.35. The highest BCUT2D eigenvalue weighted by atomic mass is 79.9. The van der Waals surface area contributed by atoms with E-state index < -0.39 is 0 Å². The maximum atomic E-state index is 12.6. The van der Waals surface area contributed by atoms with Crippen molar-refractivity contribution in [3.63, 3.8) is 0 Å². The summed E-state index contributed by atoms with van der Waals surface area (Å²) in [6.07, 6.45) is 3.56. The second kappa shape index (κ2) is 7.50. The number of carbonyl (C=O) groups excluding carboxylic acids is 1. The van der Waals surface area contributed by atoms with Gasteiger partial charge in [0.15, 0.2) is 0 Å². The quantitative estimate of drug-likeness (QED) is 0.714. The van der Waals surface area contributed by atoms with Gasteiger partial charge >= 0.3 is 0 Å². The van der Waals surface area contributed by atoms with Gasteiger partial charge in [0.25, 0.3) is 0 Å². The van der Waals surface area contributed by atoms with Gasteiger partial charge in [-0.05, 0) is 44.9 Å². The predicted molar refractivity (Wildman–Crippen MR) is 107 cm³/mol. The minimum atomic E-state index is 0.118. The van der Waals surface area contributed by atoms with Crippen LogP contribution in [-0.4, -0.2) is 42.0 Å². The standard InChI is InChI=1S/C19H23BrClN3O/c1-12(2)23(3)19(25)13-5-8-24(9-6-13)17-4-7-22-18-15(17)10-14(20)11-16(18)21/h4,7,10-13H,5-6,8-9H2,1-3H3. The number of aromatic nitrogens is 1. The first-order chi connectivity index (χ1) is 11.9. The van der Waals surface area contributed by atoms with E-state index in [9.17, 15) is 4.79 Å². The predicted octanol–water partition coefficient (Wildman–Crippen LogP) is 4.73. The number of pyridine rings is 1. The van der Waals surface area contributed by atoms with Crippen LogP contribution >= 0.6 is 27.5 Å². The zero-order valence-corrected chi connectivity index (χ0v) is 17.1. The van der Waals surface area contributed by atoms with E-state index in [2.05, 4.69) is 45.7 Å². The molecule has 1 aliphatic rings. The lowest BCUT2D eigenvalue weighted by Gasteiger charge is -2.36. The zero-order chi connectivity index (χ0) is 18.1. The van der Waals surface area contributed by atoms with Crippen molar-refractivity contribution in [2.45, 2.75) is 32.7 Å². The van der Waals surface area contributed by atoms with E-state index in [0.29, 0.717) is 5.02 Å². The summed E-state index contributed by atoms with van der Waals surface area (Å²) < 4.78 is 0.947. The first kappa shape index (κ1) is 18.5. The number of benzene rings is 1. The van der Waals surface area contributed by atoms with Gasteiger partial charge in [0.1, 0.15) is 0 Å². The summed E-state index contributed by atoms with van der Waals surface area (Å²) in [5.41, 5.74) is 1.96. The van der Waals surface area contributed by atoms with Gasteiger partial charge in [0, 0.05) is 53.8 Å². The van der Waals surface area contributed by atoms with Crippen LogP contribution in [0.2, 0.25) is 5.02 Å². The minimum Gasteiger partial charge on any atom is -0.371 e. The van der Waals surface area contributed by atoms with Crippen molar-refractivity contribution in [2.24, 2.45) is 5.92 Å². The van der Waals surface area contributed by atoms with Crippen molar-refractivity contribution in [1.82, 2.24) is 9.88 Å². The Kier molecular flexibility index (Phi) is 5.54. The fourth-order valence-corrected chi connectivity index (χ4v) is 4.21. The first-order valence-electron chi connectivity index (χ1n) is 8.64. The number of anilines is 1. The summed E-state index contributed by atoms with van der Waals surface area (Å²) in [5, 5.41) is 1.70. The van der Waals surface area contributed by atoms with Crippen LogP contribution in [0.5, 0.6) is 0 Å². The van der Waals surface area contributed by atoms with Crippen LogP contribution in [0.15, 0.2) is 28.9 Å². The number of fused-ring (bicyclic) bond motifs is 1. The third-order valence-corrected chi connectivity index (χ3v) is 5.79. The largest absolute Gasteiger partial charge is 0.371 e. The van der Waals surface area contributed by atoms with Crippen molar-refractivity contribution in [1.29, 1.82) is 0 Å². The zero-order valence-electron chi connectivity index (χ0n) is 14.8. The van der Waals surface area contributed by atoms with Gasteiger partial charge in [-0.2, -0.15) is 0 Å². The normalized spacial score (nSPS) is 15.8. The van der Waals surface area contributed by atoms with Crippen LogP contribution in [-0.2, 0) is 4.79 Å². The molecule has 0 aliphatic carbocycles. The molecule has 1 aromatic carbocycles. The summed E-state index contributed by atoms with van der Waals surface area (Å²) in [6.45, 7) is 5.84. The van der Waals surface area contributed by atoms with Gasteiger partial charge < -0.3 is 9.80 Å². The van der Waals surface area contributed by atoms with Crippen LogP contribution in [0.4, 0.5) is 5.69 Å². The molecule has 25 heavy (non-hydrogen) atoms. The number of rotatable bonds is 3. The third kappa shape index (κ3) is 3.77. The van der Waals surface area contributed by atoms with Crippen LogP contribution in [0, 0.1) is 5.92 Å². The number of nitrogens with zero attached hydrogens (tertiary/aromatic N) is 3. The number of hydrogen-bond acceptors (Lipinski definition) is 3. The fraction of sp³-hybridized carbons (Fsp3) is 0.474. The monoisotopic (exact) mass is 423 g/mol. The van der Waals surface area contributed by atoms with Gasteiger partial charge in [-0.3, -0.25) is 9.78 Å². The molecule has 1 saturated heterocycles. The van der Waals surface area contributed by atoms with E-state index in [0.717, 1.165) is 47.0 Å². The number of halogens is 2. The van der Waals surface area contributed by atoms with E-state index >= 15 is 0 Å². The molecule has 3 rings (SSSR count). The Morgan fingerprint density at radius 2 is 2.04 bits per heavy atom. The average Bonchev–Trinajstić information content (AvgIpc) is 2.60. The summed E-state index contributed by atoms with van der Waals surface area (Å²) in [6, 6.07) is 6.21. The molecule has 2 heterocycles. The van der Waals surface area contributed by atoms with Crippen molar-refractivity contribution >= 4 is 50.0 Å². The first-order valence-corrected chi connectivity index (χ1v) is 9.81. The maximum Gasteiger partial charge on any atom is 0.225 e. The van der Waals surface area contributed by atoms with E-state index in [4.69, 9.17) is 11.6 Å². The summed E-state index contributed by atoms with van der Waals surface area (Å²) >= 11 is 9.86. The molecule has 0 N–H and O–H groups in total. The Labute approximate surface area is 162 Å². The second-order valence-electron chi connectivity index (χ2n) is 6.92. The molecule has 0 spiro atoms. The highest BCUT2D eigenvalue weighted by Gasteiger charge is 2.28. The van der Waals surface area contributed by atoms with Gasteiger partial charge in [-0.15, -0.1) is 0 Å². The smallest absolute Gasteiger partial charge is 0.225 e. The van der Waals surface area contributed by atoms with Crippen molar-refractivity contribution < 1.29 is 4.79 Å². The lowest BCUT2D eigenvalue weighted by Crippen LogP contribution is -2.43. The average molecular weight is 425 g/mol. The van der Waals surface area contributed by atoms with Gasteiger partial charge in [0.05, 0.1) is 10.5 Å². The molecule has 0 radical (unpaired) electrons. The van der Waals surface area contributed by atoms with E-state index in [1.165, 1.54) is 0 Å². The van der Waals surface area contributed by atoms with Crippen molar-refractivity contribution in [2.75, 3.05) is 25.0 Å². The Hall–Kier alpha value is -1.33. The van der Waals surface area contributed by atoms with E-state index in [1.807, 2.05) is 24.1 Å². The molecule has 0 atom stereocenters. The van der Waals surface area contributed by atoms with Crippen molar-refractivity contribution in [3.8, 4) is 0 Å². The summed E-state index contributed by atoms with van der Waals surface area (Å²) in [7, 11) is 1.90. The molecule has 2 aromatic rings. The van der Waals surface area contributed by atoms with Gasteiger partial charge in [-0.1, -0.05) is 27.5 Å². The molecule has 6 heteroatoms. The lowest BCUT2D eigenvalue weighted by molar-refractivity contribution is -0.136. The van der Waals surface area contributed by atoms with E-state index in [1.54, 1.807) is 6.20 Å². The highest BCUT2D eigenvalue weighted by molar-refractivity contribution is 9.10. The summed E-state index contributed by atoms with van der Waals surface area (Å²) in [5.74, 6) is 0.382. The highest BCUT2D eigenvalue weighted by Crippen LogP contribution is 2.34. The van der Waals surface area contributed by atoms with Crippen LogP contribution in [0.1, 0.15) is 26.7 Å².